The van der Waals surface area contributed by atoms with Gasteiger partial charge in [-0.1, -0.05) is 11.6 Å². The minimum atomic E-state index is -0.946. The molecule has 0 radical (unpaired) electrons. The molecule has 1 aromatic rings. The monoisotopic (exact) mass is 254 g/mol. The predicted octanol–water partition coefficient (Wildman–Crippen LogP) is 2.32. The third-order valence-corrected chi connectivity index (χ3v) is 2.18. The lowest BCUT2D eigenvalue weighted by atomic mass is 10.2. The van der Waals surface area contributed by atoms with Crippen LogP contribution in [0.25, 0.3) is 0 Å². The molecule has 1 atom stereocenters. The molecule has 0 saturated heterocycles. The zero-order chi connectivity index (χ0) is 13.0. The Kier molecular flexibility index (Phi) is 4.01. The minimum Gasteiger partial charge on any atom is -0.444 e. The maximum Gasteiger partial charge on any atom is 0.341 e. The molecule has 0 aliphatic carbocycles. The van der Waals surface area contributed by atoms with Crippen molar-refractivity contribution in [3.05, 3.63) is 38.9 Å². The Balaban J connectivity index is 3.05. The van der Waals surface area contributed by atoms with Crippen LogP contribution in [0.2, 0.25) is 5.02 Å². The number of hydrogen-bond donors (Lipinski definition) is 0. The number of halogens is 1. The maximum absolute atomic E-state index is 11.5. The molecule has 1 rings (SSSR count). The summed E-state index contributed by atoms with van der Waals surface area (Å²) in [5.41, 5.74) is -0.408. The number of nitro benzene ring substituents is 1. The number of esters is 1. The van der Waals surface area contributed by atoms with E-state index in [2.05, 4.69) is 0 Å². The first-order valence-electron chi connectivity index (χ1n) is 4.50. The lowest BCUT2D eigenvalue weighted by molar-refractivity contribution is -0.384. The molecule has 0 aliphatic heterocycles. The van der Waals surface area contributed by atoms with Crippen molar-refractivity contribution in [1.82, 2.24) is 0 Å². The molecule has 0 N–H and O–H groups in total. The van der Waals surface area contributed by atoms with Gasteiger partial charge in [0.1, 0.15) is 6.07 Å². The highest BCUT2D eigenvalue weighted by Crippen LogP contribution is 2.23. The SMILES string of the molecule is C[C@@H](C#N)OC(=O)c1cc([N+](=O)[O-])ccc1Cl. The summed E-state index contributed by atoms with van der Waals surface area (Å²) in [7, 11) is 0. The van der Waals surface area contributed by atoms with Crippen molar-refractivity contribution in [2.24, 2.45) is 0 Å². The number of rotatable bonds is 3. The van der Waals surface area contributed by atoms with Gasteiger partial charge < -0.3 is 4.74 Å². The van der Waals surface area contributed by atoms with E-state index in [0.29, 0.717) is 0 Å². The van der Waals surface area contributed by atoms with Crippen LogP contribution in [0.5, 0.6) is 0 Å². The second kappa shape index (κ2) is 5.27. The molecule has 1 aromatic carbocycles. The average Bonchev–Trinajstić information content (AvgIpc) is 2.28. The largest absolute Gasteiger partial charge is 0.444 e. The van der Waals surface area contributed by atoms with E-state index in [4.69, 9.17) is 21.6 Å². The third kappa shape index (κ3) is 3.16. The number of hydrogen-bond acceptors (Lipinski definition) is 5. The molecule has 0 heterocycles. The van der Waals surface area contributed by atoms with Gasteiger partial charge in [-0.2, -0.15) is 5.26 Å². The van der Waals surface area contributed by atoms with Crippen LogP contribution in [0.1, 0.15) is 17.3 Å². The van der Waals surface area contributed by atoms with Gasteiger partial charge in [0.25, 0.3) is 5.69 Å². The Morgan fingerprint density at radius 3 is 2.82 bits per heavy atom. The van der Waals surface area contributed by atoms with Gasteiger partial charge in [-0.05, 0) is 13.0 Å². The molecule has 6 nitrogen and oxygen atoms in total. The quantitative estimate of drug-likeness (QED) is 0.469. The molecule has 0 bridgehead atoms. The number of carbonyl (C=O) groups excluding carboxylic acids is 1. The van der Waals surface area contributed by atoms with Crippen LogP contribution < -0.4 is 0 Å². The van der Waals surface area contributed by atoms with Crippen molar-refractivity contribution in [2.75, 3.05) is 0 Å². The van der Waals surface area contributed by atoms with Crippen LogP contribution in [0.4, 0.5) is 5.69 Å². The molecule has 0 saturated carbocycles. The number of non-ortho nitro benzene ring substituents is 1. The number of nitrogens with zero attached hydrogens (tertiary/aromatic N) is 2. The van der Waals surface area contributed by atoms with Crippen LogP contribution in [0.15, 0.2) is 18.2 Å². The second-order valence-electron chi connectivity index (χ2n) is 3.10. The molecular formula is C10H7ClN2O4. The van der Waals surface area contributed by atoms with Crippen LogP contribution in [-0.2, 0) is 4.74 Å². The number of ether oxygens (including phenoxy) is 1. The van der Waals surface area contributed by atoms with Crippen molar-refractivity contribution in [3.8, 4) is 6.07 Å². The molecule has 0 aromatic heterocycles. The first-order valence-corrected chi connectivity index (χ1v) is 4.88. The van der Waals surface area contributed by atoms with Gasteiger partial charge in [0, 0.05) is 12.1 Å². The van der Waals surface area contributed by atoms with E-state index in [9.17, 15) is 14.9 Å². The fourth-order valence-corrected chi connectivity index (χ4v) is 1.23. The summed E-state index contributed by atoms with van der Waals surface area (Å²) in [5.74, 6) is -0.868. The van der Waals surface area contributed by atoms with E-state index in [1.807, 2.05) is 0 Å². The van der Waals surface area contributed by atoms with E-state index in [1.165, 1.54) is 19.1 Å². The maximum atomic E-state index is 11.5. The van der Waals surface area contributed by atoms with E-state index < -0.39 is 17.0 Å². The molecule has 0 spiro atoms. The van der Waals surface area contributed by atoms with Gasteiger partial charge >= 0.3 is 5.97 Å². The van der Waals surface area contributed by atoms with Crippen molar-refractivity contribution < 1.29 is 14.5 Å². The van der Waals surface area contributed by atoms with Crippen LogP contribution >= 0.6 is 11.6 Å². The molecule has 7 heteroatoms. The fraction of sp³-hybridized carbons (Fsp3) is 0.200. The van der Waals surface area contributed by atoms with Gasteiger partial charge in [0.2, 0.25) is 0 Å². The highest BCUT2D eigenvalue weighted by molar-refractivity contribution is 6.33. The van der Waals surface area contributed by atoms with Gasteiger partial charge in [0.15, 0.2) is 6.10 Å². The van der Waals surface area contributed by atoms with Crippen molar-refractivity contribution >= 4 is 23.3 Å². The summed E-state index contributed by atoms with van der Waals surface area (Å²) in [6.07, 6.45) is -0.946. The molecule has 0 aliphatic rings. The first-order chi connectivity index (χ1) is 7.95. The number of nitriles is 1. The summed E-state index contributed by atoms with van der Waals surface area (Å²) in [5, 5.41) is 19.0. The minimum absolute atomic E-state index is 0.0331. The fourth-order valence-electron chi connectivity index (χ4n) is 1.03. The topological polar surface area (TPSA) is 93.2 Å². The third-order valence-electron chi connectivity index (χ3n) is 1.85. The molecular weight excluding hydrogens is 248 g/mol. The number of nitro groups is 1. The van der Waals surface area contributed by atoms with Crippen molar-refractivity contribution in [1.29, 1.82) is 5.26 Å². The zero-order valence-electron chi connectivity index (χ0n) is 8.71. The normalized spacial score (nSPS) is 11.4. The highest BCUT2D eigenvalue weighted by atomic mass is 35.5. The summed E-state index contributed by atoms with van der Waals surface area (Å²) >= 11 is 5.72. The molecule has 0 unspecified atom stereocenters. The Morgan fingerprint density at radius 2 is 2.29 bits per heavy atom. The zero-order valence-corrected chi connectivity index (χ0v) is 9.47. The van der Waals surface area contributed by atoms with Gasteiger partial charge in [-0.3, -0.25) is 10.1 Å². The molecule has 88 valence electrons. The average molecular weight is 255 g/mol. The highest BCUT2D eigenvalue weighted by Gasteiger charge is 2.18. The summed E-state index contributed by atoms with van der Waals surface area (Å²) in [6, 6.07) is 5.11. The summed E-state index contributed by atoms with van der Waals surface area (Å²) < 4.78 is 4.69. The lowest BCUT2D eigenvalue weighted by Gasteiger charge is -2.06. The number of carbonyl (C=O) groups is 1. The predicted molar refractivity (Wildman–Crippen MR) is 58.6 cm³/mol. The second-order valence-corrected chi connectivity index (χ2v) is 3.51. The Hall–Kier alpha value is -2.13. The van der Waals surface area contributed by atoms with E-state index in [-0.39, 0.29) is 16.3 Å². The van der Waals surface area contributed by atoms with Gasteiger partial charge in [0.05, 0.1) is 15.5 Å². The smallest absolute Gasteiger partial charge is 0.341 e. The first kappa shape index (κ1) is 12.9. The molecule has 0 fully saturated rings. The van der Waals surface area contributed by atoms with E-state index in [0.717, 1.165) is 6.07 Å². The standard InChI is InChI=1S/C10H7ClN2O4/c1-6(5-12)17-10(14)8-4-7(13(15)16)2-3-9(8)11/h2-4,6H,1H3/t6-/m0/s1. The van der Waals surface area contributed by atoms with Crippen molar-refractivity contribution in [3.63, 3.8) is 0 Å². The number of benzene rings is 1. The van der Waals surface area contributed by atoms with Gasteiger partial charge in [-0.25, -0.2) is 4.79 Å². The van der Waals surface area contributed by atoms with E-state index >= 15 is 0 Å². The Bertz CT molecular complexity index is 510. The summed E-state index contributed by atoms with van der Waals surface area (Å²) in [4.78, 5) is 21.4. The van der Waals surface area contributed by atoms with E-state index in [1.54, 1.807) is 6.07 Å². The van der Waals surface area contributed by atoms with Gasteiger partial charge in [-0.15, -0.1) is 0 Å². The lowest BCUT2D eigenvalue weighted by Crippen LogP contribution is -2.13. The summed E-state index contributed by atoms with van der Waals surface area (Å²) in [6.45, 7) is 1.38. The van der Waals surface area contributed by atoms with Crippen LogP contribution in [0, 0.1) is 21.4 Å². The van der Waals surface area contributed by atoms with Crippen LogP contribution in [0.3, 0.4) is 0 Å². The van der Waals surface area contributed by atoms with Crippen molar-refractivity contribution in [2.45, 2.75) is 13.0 Å². The Labute approximate surface area is 102 Å². The van der Waals surface area contributed by atoms with Crippen LogP contribution in [-0.4, -0.2) is 17.0 Å². The molecule has 0 amide bonds. The molecule has 17 heavy (non-hydrogen) atoms. The Morgan fingerprint density at radius 1 is 1.65 bits per heavy atom.